The third-order valence-corrected chi connectivity index (χ3v) is 5.14. The fourth-order valence-corrected chi connectivity index (χ4v) is 3.53. The molecule has 0 spiro atoms. The summed E-state index contributed by atoms with van der Waals surface area (Å²) in [5.74, 6) is -0.311. The quantitative estimate of drug-likeness (QED) is 0.365. The zero-order valence-electron chi connectivity index (χ0n) is 15.9. The summed E-state index contributed by atoms with van der Waals surface area (Å²) in [5, 5.41) is 10.8. The molecule has 0 unspecified atom stereocenters. The predicted molar refractivity (Wildman–Crippen MR) is 110 cm³/mol. The van der Waals surface area contributed by atoms with Gasteiger partial charge in [-0.25, -0.2) is 0 Å². The fourth-order valence-electron chi connectivity index (χ4n) is 3.25. The molecular weight excluding hydrogens is 394 g/mol. The Hall–Kier alpha value is -3.06. The largest absolute Gasteiger partial charge is 0.491 e. The number of nitrogens with one attached hydrogen (secondary N) is 2. The summed E-state index contributed by atoms with van der Waals surface area (Å²) in [6.07, 6.45) is 0.617. The van der Waals surface area contributed by atoms with Crippen LogP contribution in [-0.4, -0.2) is 37.5 Å². The average Bonchev–Trinajstić information content (AvgIpc) is 3.05. The molecule has 2 aromatic carbocycles. The monoisotopic (exact) mass is 415 g/mol. The van der Waals surface area contributed by atoms with Gasteiger partial charge in [-0.15, -0.1) is 0 Å². The van der Waals surface area contributed by atoms with E-state index in [1.165, 1.54) is 7.11 Å². The van der Waals surface area contributed by atoms with E-state index in [1.54, 1.807) is 12.1 Å². The van der Waals surface area contributed by atoms with Gasteiger partial charge in [-0.05, 0) is 41.8 Å². The molecule has 2 aromatic rings. The van der Waals surface area contributed by atoms with Gasteiger partial charge in [0.15, 0.2) is 0 Å². The van der Waals surface area contributed by atoms with Crippen molar-refractivity contribution >= 4 is 29.3 Å². The predicted octanol–water partition coefficient (Wildman–Crippen LogP) is 2.74. The van der Waals surface area contributed by atoms with Crippen molar-refractivity contribution in [3.05, 3.63) is 53.1 Å². The second kappa shape index (κ2) is 8.96. The highest BCUT2D eigenvalue weighted by Crippen LogP contribution is 2.27. The maximum absolute atomic E-state index is 11.9. The van der Waals surface area contributed by atoms with Crippen LogP contribution in [0.5, 0.6) is 5.75 Å². The number of hydrogen-bond donors (Lipinski definition) is 3. The molecule has 4 N–H and O–H groups in total. The number of ether oxygens (including phenoxy) is 2. The first-order chi connectivity index (χ1) is 13.9. The first kappa shape index (κ1) is 20.7. The van der Waals surface area contributed by atoms with Gasteiger partial charge in [-0.1, -0.05) is 29.8 Å². The lowest BCUT2D eigenvalue weighted by Gasteiger charge is -2.13. The lowest BCUT2D eigenvalue weighted by atomic mass is 10.0. The van der Waals surface area contributed by atoms with E-state index in [9.17, 15) is 9.59 Å². The van der Waals surface area contributed by atoms with Crippen LogP contribution in [0.15, 0.2) is 42.5 Å². The molecule has 0 saturated carbocycles. The molecule has 152 valence electrons. The van der Waals surface area contributed by atoms with Crippen molar-refractivity contribution in [3.8, 4) is 16.9 Å². The summed E-state index contributed by atoms with van der Waals surface area (Å²) >= 11 is 6.18. The molecule has 1 aliphatic rings. The summed E-state index contributed by atoms with van der Waals surface area (Å²) in [6, 6.07) is 12.7. The minimum atomic E-state index is -0.390. The van der Waals surface area contributed by atoms with E-state index in [0.29, 0.717) is 29.4 Å². The number of carbonyl (C=O) groups is 2. The normalized spacial score (nSPS) is 18.2. The van der Waals surface area contributed by atoms with Crippen molar-refractivity contribution in [1.29, 1.82) is 5.41 Å². The topological polar surface area (TPSA) is 114 Å². The molecule has 0 bridgehead atoms. The molecule has 29 heavy (non-hydrogen) atoms. The SMILES string of the molecule is COC(=O)C[C@@H]1C[C@@H](COc2ccc(-c3ccc(C(=N)N)c(Cl)c3)cc2)NC1=O. The number of nitrogens with two attached hydrogens (primary N) is 1. The Morgan fingerprint density at radius 1 is 1.24 bits per heavy atom. The van der Waals surface area contributed by atoms with Crippen molar-refractivity contribution in [2.45, 2.75) is 18.9 Å². The maximum atomic E-state index is 11.9. The van der Waals surface area contributed by atoms with Gasteiger partial charge in [-0.2, -0.15) is 0 Å². The number of amides is 1. The highest BCUT2D eigenvalue weighted by molar-refractivity contribution is 6.34. The van der Waals surface area contributed by atoms with Crippen LogP contribution in [0.3, 0.4) is 0 Å². The zero-order valence-corrected chi connectivity index (χ0v) is 16.7. The highest BCUT2D eigenvalue weighted by atomic mass is 35.5. The van der Waals surface area contributed by atoms with Gasteiger partial charge < -0.3 is 20.5 Å². The Balaban J connectivity index is 1.57. The van der Waals surface area contributed by atoms with E-state index in [4.69, 9.17) is 27.5 Å². The highest BCUT2D eigenvalue weighted by Gasteiger charge is 2.34. The molecule has 1 amide bonds. The van der Waals surface area contributed by atoms with Gasteiger partial charge in [0.25, 0.3) is 0 Å². The van der Waals surface area contributed by atoms with Crippen LogP contribution in [0, 0.1) is 11.3 Å². The van der Waals surface area contributed by atoms with E-state index in [0.717, 1.165) is 11.1 Å². The fraction of sp³-hybridized carbons (Fsp3) is 0.286. The van der Waals surface area contributed by atoms with E-state index in [1.807, 2.05) is 30.3 Å². The van der Waals surface area contributed by atoms with Gasteiger partial charge in [0.05, 0.1) is 30.5 Å². The number of nitrogen functional groups attached to an aromatic ring is 1. The second-order valence-electron chi connectivity index (χ2n) is 6.86. The standard InChI is InChI=1S/C21H22ClN3O4/c1-28-19(26)10-14-8-15(25-21(14)27)11-29-16-5-2-12(3-6-16)13-4-7-17(20(23)24)18(22)9-13/h2-7,9,14-15H,8,10-11H2,1H3,(H3,23,24)(H,25,27)/t14-,15-/m0/s1. The summed E-state index contributed by atoms with van der Waals surface area (Å²) in [7, 11) is 1.31. The Bertz CT molecular complexity index is 930. The molecule has 2 atom stereocenters. The minimum Gasteiger partial charge on any atom is -0.491 e. The van der Waals surface area contributed by atoms with E-state index < -0.39 is 5.97 Å². The van der Waals surface area contributed by atoms with Crippen LogP contribution in [-0.2, 0) is 14.3 Å². The Morgan fingerprint density at radius 3 is 2.55 bits per heavy atom. The first-order valence-electron chi connectivity index (χ1n) is 9.11. The molecule has 1 aliphatic heterocycles. The molecule has 0 aliphatic carbocycles. The van der Waals surface area contributed by atoms with Crippen LogP contribution in [0.25, 0.3) is 11.1 Å². The van der Waals surface area contributed by atoms with Gasteiger partial charge in [0.1, 0.15) is 18.2 Å². The van der Waals surface area contributed by atoms with E-state index in [-0.39, 0.29) is 30.1 Å². The molecule has 1 heterocycles. The number of esters is 1. The third-order valence-electron chi connectivity index (χ3n) is 4.83. The molecule has 0 radical (unpaired) electrons. The lowest BCUT2D eigenvalue weighted by Crippen LogP contribution is -2.31. The zero-order chi connectivity index (χ0) is 21.0. The Kier molecular flexibility index (Phi) is 6.39. The lowest BCUT2D eigenvalue weighted by molar-refractivity contribution is -0.143. The molecule has 8 heteroatoms. The number of methoxy groups -OCH3 is 1. The second-order valence-corrected chi connectivity index (χ2v) is 7.27. The molecule has 7 nitrogen and oxygen atoms in total. The number of benzene rings is 2. The number of halogens is 1. The van der Waals surface area contributed by atoms with E-state index >= 15 is 0 Å². The summed E-state index contributed by atoms with van der Waals surface area (Å²) in [6.45, 7) is 0.321. The van der Waals surface area contributed by atoms with Crippen molar-refractivity contribution < 1.29 is 19.1 Å². The molecular formula is C21H22ClN3O4. The van der Waals surface area contributed by atoms with Crippen LogP contribution < -0.4 is 15.8 Å². The molecule has 3 rings (SSSR count). The molecule has 0 aromatic heterocycles. The molecule has 1 fully saturated rings. The number of carbonyl (C=O) groups excluding carboxylic acids is 2. The number of hydrogen-bond acceptors (Lipinski definition) is 5. The minimum absolute atomic E-state index is 0.0712. The Morgan fingerprint density at radius 2 is 1.93 bits per heavy atom. The summed E-state index contributed by atoms with van der Waals surface area (Å²) < 4.78 is 10.4. The average molecular weight is 416 g/mol. The van der Waals surface area contributed by atoms with Crippen LogP contribution in [0.2, 0.25) is 5.02 Å². The van der Waals surface area contributed by atoms with Gasteiger partial charge in [-0.3, -0.25) is 15.0 Å². The first-order valence-corrected chi connectivity index (χ1v) is 9.49. The van der Waals surface area contributed by atoms with Crippen molar-refractivity contribution in [1.82, 2.24) is 5.32 Å². The number of rotatable bonds is 7. The maximum Gasteiger partial charge on any atom is 0.306 e. The smallest absolute Gasteiger partial charge is 0.306 e. The van der Waals surface area contributed by atoms with Crippen LogP contribution in [0.4, 0.5) is 0 Å². The number of amidine groups is 1. The van der Waals surface area contributed by atoms with Crippen LogP contribution in [0.1, 0.15) is 18.4 Å². The summed E-state index contributed by atoms with van der Waals surface area (Å²) in [5.41, 5.74) is 7.84. The Labute approximate surface area is 173 Å². The van der Waals surface area contributed by atoms with Crippen molar-refractivity contribution in [2.75, 3.05) is 13.7 Å². The van der Waals surface area contributed by atoms with Crippen molar-refractivity contribution in [3.63, 3.8) is 0 Å². The van der Waals surface area contributed by atoms with Gasteiger partial charge in [0, 0.05) is 5.56 Å². The van der Waals surface area contributed by atoms with Crippen molar-refractivity contribution in [2.24, 2.45) is 11.7 Å². The van der Waals surface area contributed by atoms with Crippen LogP contribution >= 0.6 is 11.6 Å². The summed E-state index contributed by atoms with van der Waals surface area (Å²) in [4.78, 5) is 23.3. The van der Waals surface area contributed by atoms with E-state index in [2.05, 4.69) is 10.1 Å². The van der Waals surface area contributed by atoms with Gasteiger partial charge in [0.2, 0.25) is 5.91 Å². The van der Waals surface area contributed by atoms with Gasteiger partial charge >= 0.3 is 5.97 Å². The third kappa shape index (κ3) is 5.06. The molecule has 1 saturated heterocycles.